The van der Waals surface area contributed by atoms with Crippen molar-refractivity contribution in [2.24, 2.45) is 11.5 Å². The lowest BCUT2D eigenvalue weighted by atomic mass is 10.1. The van der Waals surface area contributed by atoms with Gasteiger partial charge < -0.3 is 41.4 Å². The summed E-state index contributed by atoms with van der Waals surface area (Å²) >= 11 is 0. The third-order valence-corrected chi connectivity index (χ3v) is 7.21. The maximum atomic E-state index is 11.6. The van der Waals surface area contributed by atoms with E-state index in [0.29, 0.717) is 45.4 Å². The Bertz CT molecular complexity index is 1000. The Balaban J connectivity index is 0.000000869. The molecule has 2 aliphatic carbocycles. The highest BCUT2D eigenvalue weighted by molar-refractivity contribution is 5.81. The number of carboxylic acids is 1. The summed E-state index contributed by atoms with van der Waals surface area (Å²) in [6.45, 7) is 3.04. The van der Waals surface area contributed by atoms with Gasteiger partial charge in [-0.1, -0.05) is 38.0 Å². The molecular weight excluding hydrogens is 592 g/mol. The van der Waals surface area contributed by atoms with E-state index < -0.39 is 30.2 Å². The molecule has 0 heterocycles. The van der Waals surface area contributed by atoms with Crippen LogP contribution in [-0.4, -0.2) is 79.6 Å². The second-order valence-electron chi connectivity index (χ2n) is 11.2. The number of ether oxygens (including phenoxy) is 3. The summed E-state index contributed by atoms with van der Waals surface area (Å²) in [7, 11) is 0. The molecule has 4 atom stereocenters. The Morgan fingerprint density at radius 3 is 1.89 bits per heavy atom. The number of carbonyl (C=O) groups excluding carboxylic acids is 3. The lowest BCUT2D eigenvalue weighted by molar-refractivity contribution is -0.138. The first-order valence-corrected chi connectivity index (χ1v) is 16.4. The molecule has 262 valence electrons. The Hall–Kier alpha value is -3.32. The zero-order valence-corrected chi connectivity index (χ0v) is 26.9. The van der Waals surface area contributed by atoms with Gasteiger partial charge in [0.25, 0.3) is 0 Å². The highest BCUT2D eigenvalue weighted by Gasteiger charge is 2.14. The van der Waals surface area contributed by atoms with Gasteiger partial charge in [0, 0.05) is 25.9 Å². The SMILES string of the molecule is C.CC(=O)C(N)CCCCNC(=O)OCCOC1C#CCCCCC1.NC(CCCCNC(=O)OC1C#CCCCCC1)C(=O)O. The van der Waals surface area contributed by atoms with E-state index in [2.05, 4.69) is 34.3 Å². The number of hydrogen-bond acceptors (Lipinski definition) is 9. The molecule has 12 heteroatoms. The molecule has 7 N–H and O–H groups in total. The van der Waals surface area contributed by atoms with Gasteiger partial charge >= 0.3 is 18.2 Å². The van der Waals surface area contributed by atoms with Crippen LogP contribution in [-0.2, 0) is 23.8 Å². The summed E-state index contributed by atoms with van der Waals surface area (Å²) in [5, 5.41) is 13.9. The molecule has 2 amide bonds. The fraction of sp³-hybridized carbons (Fsp3) is 0.765. The first kappa shape index (κ1) is 42.7. The van der Waals surface area contributed by atoms with E-state index in [9.17, 15) is 19.2 Å². The van der Waals surface area contributed by atoms with Crippen molar-refractivity contribution in [1.82, 2.24) is 10.6 Å². The zero-order chi connectivity index (χ0) is 33.1. The Morgan fingerprint density at radius 1 is 0.761 bits per heavy atom. The Labute approximate surface area is 275 Å². The van der Waals surface area contributed by atoms with Crippen LogP contribution in [0.15, 0.2) is 0 Å². The number of unbranched alkanes of at least 4 members (excludes halogenated alkanes) is 2. The van der Waals surface area contributed by atoms with Crippen LogP contribution >= 0.6 is 0 Å². The van der Waals surface area contributed by atoms with Gasteiger partial charge in [-0.15, -0.1) is 5.92 Å². The van der Waals surface area contributed by atoms with Crippen molar-refractivity contribution in [3.63, 3.8) is 0 Å². The topological polar surface area (TPSA) is 192 Å². The van der Waals surface area contributed by atoms with Gasteiger partial charge in [0.2, 0.25) is 0 Å². The van der Waals surface area contributed by atoms with Crippen molar-refractivity contribution < 1.29 is 38.5 Å². The predicted molar refractivity (Wildman–Crippen MR) is 178 cm³/mol. The van der Waals surface area contributed by atoms with Crippen molar-refractivity contribution in [1.29, 1.82) is 0 Å². The van der Waals surface area contributed by atoms with Crippen LogP contribution in [0, 0.1) is 23.7 Å². The fourth-order valence-electron chi connectivity index (χ4n) is 4.40. The van der Waals surface area contributed by atoms with E-state index in [4.69, 9.17) is 30.8 Å². The smallest absolute Gasteiger partial charge is 0.408 e. The first-order chi connectivity index (χ1) is 21.7. The summed E-state index contributed by atoms with van der Waals surface area (Å²) in [5.41, 5.74) is 11.0. The number of carbonyl (C=O) groups is 4. The molecule has 4 unspecified atom stereocenters. The number of nitrogens with one attached hydrogen (secondary N) is 2. The standard InChI is InChI=1S/C18H30N2O4.C15H24N2O4.CH4/c1-15(21)17(19)11-7-8-12-20-18(22)24-14-13-23-16-9-5-3-2-4-6-10-16;16-13(14(18)19)10-6-7-11-17-15(20)21-12-8-4-2-1-3-5-9-12;/h16-17H,2-5,7-9,11-14,19H2,1H3,(H,20,22);12-13H,1-4,6-8,10-11,16H2,(H,17,20)(H,18,19);1H4. The molecule has 0 bridgehead atoms. The number of Topliss-reactive ketones (excluding diaryl/α,β-unsaturated/α-hetero) is 1. The van der Waals surface area contributed by atoms with E-state index in [1.807, 2.05) is 0 Å². The number of amides is 2. The van der Waals surface area contributed by atoms with Crippen LogP contribution in [0.25, 0.3) is 0 Å². The van der Waals surface area contributed by atoms with Gasteiger partial charge in [-0.25, -0.2) is 9.59 Å². The third-order valence-electron chi connectivity index (χ3n) is 7.21. The highest BCUT2D eigenvalue weighted by Crippen LogP contribution is 2.12. The van der Waals surface area contributed by atoms with Crippen molar-refractivity contribution in [2.45, 2.75) is 141 Å². The highest BCUT2D eigenvalue weighted by atomic mass is 16.6. The molecule has 0 radical (unpaired) electrons. The number of rotatable bonds is 17. The van der Waals surface area contributed by atoms with Crippen LogP contribution in [0.1, 0.15) is 117 Å². The summed E-state index contributed by atoms with van der Waals surface area (Å²) in [5.74, 6) is 11.2. The molecule has 0 aromatic carbocycles. The summed E-state index contributed by atoms with van der Waals surface area (Å²) in [6, 6.07) is -1.23. The fourth-order valence-corrected chi connectivity index (χ4v) is 4.40. The van der Waals surface area contributed by atoms with Gasteiger partial charge in [0.15, 0.2) is 6.10 Å². The molecule has 0 spiro atoms. The molecule has 0 aromatic heterocycles. The number of ketones is 1. The van der Waals surface area contributed by atoms with E-state index in [1.54, 1.807) is 0 Å². The van der Waals surface area contributed by atoms with Crippen molar-refractivity contribution in [3.8, 4) is 23.7 Å². The maximum Gasteiger partial charge on any atom is 0.408 e. The average Bonchev–Trinajstić information content (AvgIpc) is 2.97. The molecule has 0 saturated heterocycles. The monoisotopic (exact) mass is 650 g/mol. The van der Waals surface area contributed by atoms with Crippen LogP contribution in [0.2, 0.25) is 0 Å². The number of alkyl carbamates (subject to hydrolysis) is 2. The molecule has 0 aliphatic heterocycles. The lowest BCUT2D eigenvalue weighted by Crippen LogP contribution is -2.31. The number of aliphatic carboxylic acids is 1. The lowest BCUT2D eigenvalue weighted by Gasteiger charge is -2.14. The molecule has 12 nitrogen and oxygen atoms in total. The molecule has 0 aromatic rings. The first-order valence-electron chi connectivity index (χ1n) is 16.4. The molecule has 2 aliphatic rings. The average molecular weight is 651 g/mol. The molecule has 0 fully saturated rings. The van der Waals surface area contributed by atoms with Crippen molar-refractivity contribution >= 4 is 23.9 Å². The molecule has 46 heavy (non-hydrogen) atoms. The third kappa shape index (κ3) is 24.0. The van der Waals surface area contributed by atoms with E-state index in [1.165, 1.54) is 19.8 Å². The second-order valence-corrected chi connectivity index (χ2v) is 11.2. The molecule has 2 rings (SSSR count). The minimum atomic E-state index is -0.995. The van der Waals surface area contributed by atoms with Crippen LogP contribution < -0.4 is 22.1 Å². The normalized spacial score (nSPS) is 18.5. The van der Waals surface area contributed by atoms with Gasteiger partial charge in [0.05, 0.1) is 12.6 Å². The van der Waals surface area contributed by atoms with E-state index in [-0.39, 0.29) is 32.0 Å². The number of carboxylic acid groups (broad SMARTS) is 1. The van der Waals surface area contributed by atoms with Gasteiger partial charge in [-0.3, -0.25) is 9.59 Å². The largest absolute Gasteiger partial charge is 0.480 e. The maximum absolute atomic E-state index is 11.6. The van der Waals surface area contributed by atoms with Crippen LogP contribution in [0.3, 0.4) is 0 Å². The minimum Gasteiger partial charge on any atom is -0.480 e. The summed E-state index contributed by atoms with van der Waals surface area (Å²) in [6.07, 6.45) is 13.0. The second kappa shape index (κ2) is 27.9. The molecular formula is C34H58N4O8. The number of hydrogen-bond donors (Lipinski definition) is 5. The van der Waals surface area contributed by atoms with Gasteiger partial charge in [-0.2, -0.15) is 0 Å². The number of nitrogens with two attached hydrogens (primary N) is 2. The van der Waals surface area contributed by atoms with Crippen molar-refractivity contribution in [2.75, 3.05) is 26.3 Å². The van der Waals surface area contributed by atoms with Crippen molar-refractivity contribution in [3.05, 3.63) is 0 Å². The Kier molecular flexibility index (Phi) is 25.9. The van der Waals surface area contributed by atoms with E-state index >= 15 is 0 Å². The quantitative estimate of drug-likeness (QED) is 0.111. The van der Waals surface area contributed by atoms with Crippen LogP contribution in [0.4, 0.5) is 9.59 Å². The van der Waals surface area contributed by atoms with Gasteiger partial charge in [0.1, 0.15) is 24.5 Å². The van der Waals surface area contributed by atoms with Gasteiger partial charge in [-0.05, 0) is 84.0 Å². The Morgan fingerprint density at radius 2 is 1.30 bits per heavy atom. The summed E-state index contributed by atoms with van der Waals surface area (Å²) < 4.78 is 15.9. The van der Waals surface area contributed by atoms with Crippen LogP contribution in [0.5, 0.6) is 0 Å². The zero-order valence-electron chi connectivity index (χ0n) is 26.9. The molecule has 0 saturated carbocycles. The summed E-state index contributed by atoms with van der Waals surface area (Å²) in [4.78, 5) is 44.6. The predicted octanol–water partition coefficient (Wildman–Crippen LogP) is 4.42. The van der Waals surface area contributed by atoms with E-state index in [0.717, 1.165) is 64.2 Å². The minimum absolute atomic E-state index is 0.